The number of rotatable bonds is 4. The Morgan fingerprint density at radius 2 is 1.25 bits per heavy atom. The van der Waals surface area contributed by atoms with Crippen LogP contribution in [0.4, 0.5) is 17.1 Å². The van der Waals surface area contributed by atoms with Crippen molar-refractivity contribution in [1.29, 1.82) is 0 Å². The highest BCUT2D eigenvalue weighted by atomic mass is 28.3. The first kappa shape index (κ1) is 30.8. The second kappa shape index (κ2) is 11.3. The van der Waals surface area contributed by atoms with E-state index in [-0.39, 0.29) is 5.41 Å². The SMILES string of the molecule is CN1CN(c2ccnc([Si]3(c4ccc5c6ccccc6n(-c6cc(C(C)(C)C)ccn6)c5c4)c4ccccc4-c4ccccc43)c2)c2ccccc21. The van der Waals surface area contributed by atoms with Gasteiger partial charge >= 0.3 is 0 Å². The molecule has 0 saturated carbocycles. The minimum atomic E-state index is -2.93. The lowest BCUT2D eigenvalue weighted by Crippen LogP contribution is -2.73. The van der Waals surface area contributed by atoms with Gasteiger partial charge in [0.1, 0.15) is 5.82 Å². The Hall–Kier alpha value is -5.98. The van der Waals surface area contributed by atoms with Crippen LogP contribution in [0.15, 0.2) is 152 Å². The molecule has 2 aliphatic heterocycles. The first-order valence-electron chi connectivity index (χ1n) is 18.1. The molecular weight excluding hydrogens is 651 g/mol. The highest BCUT2D eigenvalue weighted by molar-refractivity contribution is 7.22. The molecule has 2 aliphatic rings. The number of para-hydroxylation sites is 3. The average Bonchev–Trinajstić information content (AvgIpc) is 3.80. The van der Waals surface area contributed by atoms with Crippen molar-refractivity contribution in [2.45, 2.75) is 26.2 Å². The monoisotopic (exact) mass is 689 g/mol. The molecule has 10 rings (SSSR count). The molecule has 8 aromatic rings. The molecule has 0 spiro atoms. The fourth-order valence-corrected chi connectivity index (χ4v) is 13.8. The van der Waals surface area contributed by atoms with E-state index in [0.29, 0.717) is 0 Å². The van der Waals surface area contributed by atoms with Crippen molar-refractivity contribution in [3.8, 4) is 16.9 Å². The number of hydrogen-bond acceptors (Lipinski definition) is 4. The first-order chi connectivity index (χ1) is 25.3. The summed E-state index contributed by atoms with van der Waals surface area (Å²) < 4.78 is 2.37. The third-order valence-electron chi connectivity index (χ3n) is 11.3. The summed E-state index contributed by atoms with van der Waals surface area (Å²) in [5.74, 6) is 0.940. The van der Waals surface area contributed by atoms with Crippen LogP contribution in [-0.4, -0.2) is 36.3 Å². The van der Waals surface area contributed by atoms with Crippen molar-refractivity contribution in [2.24, 2.45) is 0 Å². The topological polar surface area (TPSA) is 37.2 Å². The van der Waals surface area contributed by atoms with Crippen LogP contribution in [0.5, 0.6) is 0 Å². The van der Waals surface area contributed by atoms with Gasteiger partial charge in [-0.1, -0.05) is 112 Å². The van der Waals surface area contributed by atoms with E-state index >= 15 is 0 Å². The van der Waals surface area contributed by atoms with Crippen LogP contribution in [0.25, 0.3) is 38.8 Å². The Bertz CT molecular complexity index is 2660. The van der Waals surface area contributed by atoms with Crippen LogP contribution in [0.2, 0.25) is 0 Å². The molecule has 0 bridgehead atoms. The smallest absolute Gasteiger partial charge is 0.203 e. The van der Waals surface area contributed by atoms with E-state index in [2.05, 4.69) is 182 Å². The summed E-state index contributed by atoms with van der Waals surface area (Å²) in [6, 6.07) is 51.7. The molecule has 5 nitrogen and oxygen atoms in total. The van der Waals surface area contributed by atoms with Gasteiger partial charge in [-0.3, -0.25) is 9.55 Å². The van der Waals surface area contributed by atoms with Crippen molar-refractivity contribution in [3.63, 3.8) is 0 Å². The fraction of sp³-hybridized carbons (Fsp3) is 0.130. The van der Waals surface area contributed by atoms with Crippen molar-refractivity contribution in [3.05, 3.63) is 157 Å². The number of anilines is 3. The molecule has 0 fully saturated rings. The quantitative estimate of drug-likeness (QED) is 0.177. The predicted molar refractivity (Wildman–Crippen MR) is 220 cm³/mol. The van der Waals surface area contributed by atoms with Gasteiger partial charge in [-0.15, -0.1) is 0 Å². The van der Waals surface area contributed by atoms with Crippen LogP contribution in [0, 0.1) is 0 Å². The summed E-state index contributed by atoms with van der Waals surface area (Å²) in [4.78, 5) is 15.1. The lowest BCUT2D eigenvalue weighted by Gasteiger charge is -2.31. The van der Waals surface area contributed by atoms with Crippen LogP contribution >= 0.6 is 0 Å². The fourth-order valence-electron chi connectivity index (χ4n) is 8.82. The standard InChI is InChI=1S/C46H39N5Si/c1-46(2,3)31-23-25-47-44(27-31)51-38-16-8-5-13-34(38)35-22-21-33(29-41(35)51)52(42-19-11-6-14-36(42)37-15-7-12-20-43(37)52)45-28-32(24-26-48-45)50-30-49(4)39-17-9-10-18-40(39)50/h5-29H,30H2,1-4H3. The van der Waals surface area contributed by atoms with Crippen LogP contribution in [-0.2, 0) is 5.41 Å². The third kappa shape index (κ3) is 4.34. The molecule has 5 aromatic carbocycles. The first-order valence-corrected chi connectivity index (χ1v) is 20.1. The Labute approximate surface area is 305 Å². The summed E-state index contributed by atoms with van der Waals surface area (Å²) in [6.45, 7) is 7.58. The van der Waals surface area contributed by atoms with E-state index in [9.17, 15) is 0 Å². The molecule has 0 N–H and O–H groups in total. The summed E-state index contributed by atoms with van der Waals surface area (Å²) in [6.07, 6.45) is 3.99. The van der Waals surface area contributed by atoms with Gasteiger partial charge in [0.05, 0.1) is 29.1 Å². The molecule has 5 heterocycles. The number of nitrogens with zero attached hydrogens (tertiary/aromatic N) is 5. The Balaban J connectivity index is 1.27. The zero-order valence-electron chi connectivity index (χ0n) is 29.9. The van der Waals surface area contributed by atoms with Gasteiger partial charge in [0.2, 0.25) is 8.07 Å². The van der Waals surface area contributed by atoms with E-state index in [1.165, 1.54) is 54.4 Å². The Kier molecular flexibility index (Phi) is 6.67. The highest BCUT2D eigenvalue weighted by Crippen LogP contribution is 2.40. The number of benzene rings is 5. The van der Waals surface area contributed by atoms with Crippen LogP contribution in [0.1, 0.15) is 26.3 Å². The number of fused-ring (bicyclic) bond motifs is 7. The second-order valence-electron chi connectivity index (χ2n) is 15.2. The Morgan fingerprint density at radius 3 is 2.02 bits per heavy atom. The summed E-state index contributed by atoms with van der Waals surface area (Å²) in [7, 11) is -0.765. The van der Waals surface area contributed by atoms with Crippen molar-refractivity contribution in [2.75, 3.05) is 23.5 Å². The zero-order chi connectivity index (χ0) is 35.2. The maximum Gasteiger partial charge on any atom is 0.203 e. The Morgan fingerprint density at radius 1 is 0.596 bits per heavy atom. The highest BCUT2D eigenvalue weighted by Gasteiger charge is 2.50. The molecule has 0 radical (unpaired) electrons. The summed E-state index contributed by atoms with van der Waals surface area (Å²) in [5.41, 5.74) is 9.83. The summed E-state index contributed by atoms with van der Waals surface area (Å²) >= 11 is 0. The van der Waals surface area contributed by atoms with Gasteiger partial charge in [-0.05, 0) is 86.2 Å². The molecule has 0 amide bonds. The largest absolute Gasteiger partial charge is 0.355 e. The third-order valence-corrected chi connectivity index (χ3v) is 16.0. The van der Waals surface area contributed by atoms with Gasteiger partial charge in [0, 0.05) is 41.2 Å². The molecule has 0 saturated heterocycles. The molecule has 52 heavy (non-hydrogen) atoms. The molecule has 0 atom stereocenters. The van der Waals surface area contributed by atoms with Gasteiger partial charge in [0.15, 0.2) is 0 Å². The maximum absolute atomic E-state index is 5.36. The lowest BCUT2D eigenvalue weighted by molar-refractivity contribution is 0.588. The van der Waals surface area contributed by atoms with E-state index in [1.807, 2.05) is 12.4 Å². The minimum Gasteiger partial charge on any atom is -0.355 e. The van der Waals surface area contributed by atoms with Crippen molar-refractivity contribution in [1.82, 2.24) is 14.5 Å². The minimum absolute atomic E-state index is 0.00278. The normalized spacial score (nSPS) is 14.5. The molecule has 3 aromatic heterocycles. The van der Waals surface area contributed by atoms with E-state index in [4.69, 9.17) is 9.97 Å². The number of aromatic nitrogens is 3. The van der Waals surface area contributed by atoms with Gasteiger partial charge < -0.3 is 9.80 Å². The van der Waals surface area contributed by atoms with Gasteiger partial charge in [-0.2, -0.15) is 0 Å². The molecule has 0 unspecified atom stereocenters. The van der Waals surface area contributed by atoms with Crippen molar-refractivity contribution < 1.29 is 0 Å². The second-order valence-corrected chi connectivity index (χ2v) is 18.9. The number of pyridine rings is 2. The van der Waals surface area contributed by atoms with Crippen LogP contribution < -0.4 is 30.7 Å². The molecule has 6 heteroatoms. The summed E-state index contributed by atoms with van der Waals surface area (Å²) in [5, 5.41) is 7.68. The van der Waals surface area contributed by atoms with Crippen LogP contribution in [0.3, 0.4) is 0 Å². The maximum atomic E-state index is 5.36. The van der Waals surface area contributed by atoms with Gasteiger partial charge in [-0.25, -0.2) is 4.98 Å². The van der Waals surface area contributed by atoms with E-state index in [1.54, 1.807) is 0 Å². The predicted octanol–water partition coefficient (Wildman–Crippen LogP) is 7.77. The lowest BCUT2D eigenvalue weighted by atomic mass is 9.88. The number of hydrogen-bond donors (Lipinski definition) is 0. The van der Waals surface area contributed by atoms with E-state index in [0.717, 1.165) is 34.5 Å². The van der Waals surface area contributed by atoms with Crippen molar-refractivity contribution >= 4 is 67.8 Å². The molecule has 0 aliphatic carbocycles. The van der Waals surface area contributed by atoms with Gasteiger partial charge in [0.25, 0.3) is 0 Å². The molecule has 252 valence electrons. The molecular formula is C46H39N5Si. The zero-order valence-corrected chi connectivity index (χ0v) is 30.9. The van der Waals surface area contributed by atoms with E-state index < -0.39 is 8.07 Å². The average molecular weight is 690 g/mol.